The summed E-state index contributed by atoms with van der Waals surface area (Å²) < 4.78 is 5.29. The summed E-state index contributed by atoms with van der Waals surface area (Å²) >= 11 is 0. The van der Waals surface area contributed by atoms with Crippen molar-refractivity contribution in [3.8, 4) is 28.9 Å². The molecule has 20 heavy (non-hydrogen) atoms. The number of aryl methyl sites for hydroxylation is 1. The number of rotatable bonds is 2. The standard InChI is InChI=1S/C15H10N4O/c1-10-7-11(8-16)4-5-13(10)15-18-14(19-20-15)12-3-2-6-17-9-12/h2-7,9H,1H3. The first kappa shape index (κ1) is 12.1. The molecule has 0 amide bonds. The number of pyridine rings is 1. The summed E-state index contributed by atoms with van der Waals surface area (Å²) in [5.41, 5.74) is 3.16. The molecule has 0 saturated carbocycles. The SMILES string of the molecule is Cc1cc(C#N)ccc1-c1nc(-c2cccnc2)no1. The van der Waals surface area contributed by atoms with E-state index in [-0.39, 0.29) is 0 Å². The van der Waals surface area contributed by atoms with Gasteiger partial charge in [-0.2, -0.15) is 10.2 Å². The van der Waals surface area contributed by atoms with Crippen molar-refractivity contribution in [1.82, 2.24) is 15.1 Å². The molecule has 0 aliphatic carbocycles. The van der Waals surface area contributed by atoms with Gasteiger partial charge >= 0.3 is 0 Å². The molecule has 3 aromatic rings. The number of aromatic nitrogens is 3. The molecule has 5 nitrogen and oxygen atoms in total. The van der Waals surface area contributed by atoms with E-state index in [4.69, 9.17) is 9.78 Å². The Bertz CT molecular complexity index is 787. The van der Waals surface area contributed by atoms with E-state index in [1.165, 1.54) is 0 Å². The zero-order valence-corrected chi connectivity index (χ0v) is 10.7. The van der Waals surface area contributed by atoms with Crippen LogP contribution < -0.4 is 0 Å². The molecule has 0 bridgehead atoms. The van der Waals surface area contributed by atoms with Crippen LogP contribution in [0.3, 0.4) is 0 Å². The predicted molar refractivity (Wildman–Crippen MR) is 72.4 cm³/mol. The third-order valence-electron chi connectivity index (χ3n) is 2.93. The summed E-state index contributed by atoms with van der Waals surface area (Å²) in [4.78, 5) is 8.39. The third-order valence-corrected chi connectivity index (χ3v) is 2.93. The first-order chi connectivity index (χ1) is 9.78. The van der Waals surface area contributed by atoms with E-state index >= 15 is 0 Å². The van der Waals surface area contributed by atoms with Gasteiger partial charge in [0.1, 0.15) is 0 Å². The van der Waals surface area contributed by atoms with Crippen LogP contribution in [0.2, 0.25) is 0 Å². The van der Waals surface area contributed by atoms with Gasteiger partial charge in [0.05, 0.1) is 11.6 Å². The van der Waals surface area contributed by atoms with Gasteiger partial charge in [-0.05, 0) is 42.8 Å². The maximum Gasteiger partial charge on any atom is 0.258 e. The number of nitrogens with zero attached hydrogens (tertiary/aromatic N) is 4. The van der Waals surface area contributed by atoms with Gasteiger partial charge in [0, 0.05) is 23.5 Å². The molecule has 0 N–H and O–H groups in total. The number of hydrogen-bond donors (Lipinski definition) is 0. The van der Waals surface area contributed by atoms with E-state index in [0.717, 1.165) is 16.7 Å². The molecule has 3 rings (SSSR count). The summed E-state index contributed by atoms with van der Waals surface area (Å²) in [5, 5.41) is 12.8. The molecule has 2 heterocycles. The monoisotopic (exact) mass is 262 g/mol. The molecule has 0 aliphatic heterocycles. The van der Waals surface area contributed by atoms with Crippen LogP contribution in [0.4, 0.5) is 0 Å². The minimum Gasteiger partial charge on any atom is -0.334 e. The van der Waals surface area contributed by atoms with Crippen LogP contribution in [0.5, 0.6) is 0 Å². The van der Waals surface area contributed by atoms with E-state index in [0.29, 0.717) is 17.3 Å². The summed E-state index contributed by atoms with van der Waals surface area (Å²) in [7, 11) is 0. The Morgan fingerprint density at radius 1 is 1.25 bits per heavy atom. The Kier molecular flexibility index (Phi) is 2.98. The van der Waals surface area contributed by atoms with Crippen LogP contribution in [0.1, 0.15) is 11.1 Å². The lowest BCUT2D eigenvalue weighted by Crippen LogP contribution is -1.86. The molecule has 0 unspecified atom stereocenters. The van der Waals surface area contributed by atoms with Gasteiger partial charge in [0.2, 0.25) is 5.82 Å². The molecule has 1 aromatic carbocycles. The van der Waals surface area contributed by atoms with Crippen molar-refractivity contribution >= 4 is 0 Å². The highest BCUT2D eigenvalue weighted by molar-refractivity contribution is 5.63. The van der Waals surface area contributed by atoms with Gasteiger partial charge in [-0.25, -0.2) is 0 Å². The van der Waals surface area contributed by atoms with Crippen LogP contribution in [0, 0.1) is 18.3 Å². The molecular formula is C15H10N4O. The van der Waals surface area contributed by atoms with Gasteiger partial charge in [0.25, 0.3) is 5.89 Å². The van der Waals surface area contributed by atoms with Gasteiger partial charge in [-0.15, -0.1) is 0 Å². The van der Waals surface area contributed by atoms with Crippen LogP contribution in [0.15, 0.2) is 47.2 Å². The lowest BCUT2D eigenvalue weighted by Gasteiger charge is -1.99. The lowest BCUT2D eigenvalue weighted by molar-refractivity contribution is 0.432. The van der Waals surface area contributed by atoms with Crippen LogP contribution in [0.25, 0.3) is 22.8 Å². The van der Waals surface area contributed by atoms with Crippen molar-refractivity contribution in [2.24, 2.45) is 0 Å². The van der Waals surface area contributed by atoms with Gasteiger partial charge < -0.3 is 4.52 Å². The maximum absolute atomic E-state index is 8.87. The topological polar surface area (TPSA) is 75.6 Å². The molecular weight excluding hydrogens is 252 g/mol. The van der Waals surface area contributed by atoms with Gasteiger partial charge in [-0.1, -0.05) is 5.16 Å². The van der Waals surface area contributed by atoms with Crippen molar-refractivity contribution in [3.05, 3.63) is 53.9 Å². The zero-order valence-electron chi connectivity index (χ0n) is 10.7. The second-order valence-electron chi connectivity index (χ2n) is 4.31. The van der Waals surface area contributed by atoms with Crippen molar-refractivity contribution in [1.29, 1.82) is 5.26 Å². The number of benzene rings is 1. The molecule has 0 spiro atoms. The van der Waals surface area contributed by atoms with E-state index in [1.54, 1.807) is 24.5 Å². The average Bonchev–Trinajstić information content (AvgIpc) is 2.97. The largest absolute Gasteiger partial charge is 0.334 e. The third kappa shape index (κ3) is 2.15. The number of nitriles is 1. The highest BCUT2D eigenvalue weighted by Crippen LogP contribution is 2.25. The second-order valence-corrected chi connectivity index (χ2v) is 4.31. The minimum absolute atomic E-state index is 0.436. The Balaban J connectivity index is 2.01. The molecule has 0 radical (unpaired) electrons. The van der Waals surface area contributed by atoms with Crippen LogP contribution in [-0.4, -0.2) is 15.1 Å². The first-order valence-electron chi connectivity index (χ1n) is 6.03. The lowest BCUT2D eigenvalue weighted by atomic mass is 10.1. The summed E-state index contributed by atoms with van der Waals surface area (Å²) in [5.74, 6) is 0.933. The van der Waals surface area contributed by atoms with E-state index in [2.05, 4.69) is 21.2 Å². The summed E-state index contributed by atoms with van der Waals surface area (Å²) in [6.45, 7) is 1.91. The average molecular weight is 262 g/mol. The molecule has 5 heteroatoms. The second kappa shape index (κ2) is 4.94. The molecule has 96 valence electrons. The maximum atomic E-state index is 8.87. The zero-order chi connectivity index (χ0) is 13.9. The molecule has 0 fully saturated rings. The van der Waals surface area contributed by atoms with Crippen LogP contribution >= 0.6 is 0 Å². The smallest absolute Gasteiger partial charge is 0.258 e. The van der Waals surface area contributed by atoms with Crippen molar-refractivity contribution in [3.63, 3.8) is 0 Å². The quantitative estimate of drug-likeness (QED) is 0.709. The fourth-order valence-electron chi connectivity index (χ4n) is 1.92. The van der Waals surface area contributed by atoms with Gasteiger partial charge in [-0.3, -0.25) is 4.98 Å². The van der Waals surface area contributed by atoms with E-state index in [1.807, 2.05) is 25.1 Å². The van der Waals surface area contributed by atoms with Gasteiger partial charge in [0.15, 0.2) is 0 Å². The Morgan fingerprint density at radius 2 is 2.15 bits per heavy atom. The van der Waals surface area contributed by atoms with Crippen molar-refractivity contribution in [2.45, 2.75) is 6.92 Å². The highest BCUT2D eigenvalue weighted by Gasteiger charge is 2.12. The fraction of sp³-hybridized carbons (Fsp3) is 0.0667. The Morgan fingerprint density at radius 3 is 2.85 bits per heavy atom. The minimum atomic E-state index is 0.436. The molecule has 2 aromatic heterocycles. The van der Waals surface area contributed by atoms with E-state index in [9.17, 15) is 0 Å². The Labute approximate surface area is 115 Å². The Hall–Kier alpha value is -3.00. The predicted octanol–water partition coefficient (Wildman–Crippen LogP) is 2.98. The summed E-state index contributed by atoms with van der Waals surface area (Å²) in [6, 6.07) is 11.1. The van der Waals surface area contributed by atoms with Crippen molar-refractivity contribution in [2.75, 3.05) is 0 Å². The first-order valence-corrected chi connectivity index (χ1v) is 6.03. The molecule has 0 saturated heterocycles. The fourth-order valence-corrected chi connectivity index (χ4v) is 1.92. The van der Waals surface area contributed by atoms with E-state index < -0.39 is 0 Å². The normalized spacial score (nSPS) is 10.2. The highest BCUT2D eigenvalue weighted by atomic mass is 16.5. The number of hydrogen-bond acceptors (Lipinski definition) is 5. The molecule has 0 atom stereocenters. The molecule has 0 aliphatic rings. The van der Waals surface area contributed by atoms with Crippen LogP contribution in [-0.2, 0) is 0 Å². The van der Waals surface area contributed by atoms with Crippen molar-refractivity contribution < 1.29 is 4.52 Å². The summed E-state index contributed by atoms with van der Waals surface area (Å²) in [6.07, 6.45) is 3.37.